The van der Waals surface area contributed by atoms with Crippen molar-refractivity contribution in [2.24, 2.45) is 5.92 Å². The molecule has 0 radical (unpaired) electrons. The van der Waals surface area contributed by atoms with Crippen molar-refractivity contribution in [2.75, 3.05) is 19.8 Å². The van der Waals surface area contributed by atoms with Crippen LogP contribution in [0.3, 0.4) is 0 Å². The van der Waals surface area contributed by atoms with Gasteiger partial charge in [-0.05, 0) is 86.4 Å². The summed E-state index contributed by atoms with van der Waals surface area (Å²) in [5.74, 6) is -0.242. The third-order valence-electron chi connectivity index (χ3n) is 6.24. The van der Waals surface area contributed by atoms with Gasteiger partial charge in [0.05, 0.1) is 30.7 Å². The molecular weight excluding hydrogens is 430 g/mol. The molecule has 1 aliphatic rings. The zero-order valence-electron chi connectivity index (χ0n) is 20.1. The smallest absolute Gasteiger partial charge is 0.335 e. The lowest BCUT2D eigenvalue weighted by atomic mass is 9.96. The summed E-state index contributed by atoms with van der Waals surface area (Å²) in [5.41, 5.74) is 4.00. The number of carboxylic acids is 1. The van der Waals surface area contributed by atoms with Crippen molar-refractivity contribution in [3.8, 4) is 5.75 Å². The lowest BCUT2D eigenvalue weighted by Gasteiger charge is -2.26. The number of aryl methyl sites for hydroxylation is 2. The van der Waals surface area contributed by atoms with Crippen LogP contribution in [0.2, 0.25) is 0 Å². The van der Waals surface area contributed by atoms with Crippen molar-refractivity contribution >= 4 is 18.0 Å². The molecule has 0 saturated carbocycles. The van der Waals surface area contributed by atoms with E-state index >= 15 is 0 Å². The summed E-state index contributed by atoms with van der Waals surface area (Å²) < 4.78 is 11.5. The van der Waals surface area contributed by atoms with Crippen LogP contribution in [0.5, 0.6) is 5.75 Å². The Morgan fingerprint density at radius 1 is 1.24 bits per heavy atom. The largest absolute Gasteiger partial charge is 0.493 e. The van der Waals surface area contributed by atoms with E-state index in [9.17, 15) is 14.7 Å². The van der Waals surface area contributed by atoms with Gasteiger partial charge in [0, 0.05) is 6.61 Å². The SMILES string of the molecule is C=Cc1cccc([C@H](CCCCOc2c(C)cc(C(=O)O)cc2C)NC(=O)C2CCCOC2)c1. The number of hydrogen-bond donors (Lipinski definition) is 2. The third kappa shape index (κ3) is 6.94. The van der Waals surface area contributed by atoms with Crippen LogP contribution in [0, 0.1) is 19.8 Å². The van der Waals surface area contributed by atoms with Gasteiger partial charge in [0.1, 0.15) is 5.75 Å². The fourth-order valence-corrected chi connectivity index (χ4v) is 4.39. The minimum absolute atomic E-state index is 0.0507. The quantitative estimate of drug-likeness (QED) is 0.430. The molecule has 0 aromatic heterocycles. The van der Waals surface area contributed by atoms with Gasteiger partial charge in [0.15, 0.2) is 0 Å². The molecule has 2 aromatic carbocycles. The Bertz CT molecular complexity index is 987. The standard InChI is InChI=1S/C28H35NO5/c1-4-21-9-7-10-22(17-21)25(29-27(30)23-11-8-13-33-18-23)12-5-6-14-34-26-19(2)15-24(28(31)32)16-20(26)3/h4,7,9-10,15-17,23,25H,1,5-6,8,11-14,18H2,2-3H3,(H,29,30)(H,31,32)/t23?,25-/m0/s1. The second kappa shape index (κ2) is 12.4. The highest BCUT2D eigenvalue weighted by Gasteiger charge is 2.24. The van der Waals surface area contributed by atoms with Gasteiger partial charge in [-0.2, -0.15) is 0 Å². The number of aromatic carboxylic acids is 1. The van der Waals surface area contributed by atoms with E-state index < -0.39 is 5.97 Å². The number of unbranched alkanes of at least 4 members (excludes halogenated alkanes) is 1. The van der Waals surface area contributed by atoms with E-state index in [1.807, 2.05) is 38.1 Å². The maximum absolute atomic E-state index is 12.9. The Morgan fingerprint density at radius 2 is 2.00 bits per heavy atom. The van der Waals surface area contributed by atoms with Gasteiger partial charge in [-0.1, -0.05) is 30.9 Å². The van der Waals surface area contributed by atoms with Crippen molar-refractivity contribution in [1.29, 1.82) is 0 Å². The maximum Gasteiger partial charge on any atom is 0.335 e. The summed E-state index contributed by atoms with van der Waals surface area (Å²) in [4.78, 5) is 24.1. The zero-order valence-corrected chi connectivity index (χ0v) is 20.1. The minimum atomic E-state index is -0.939. The summed E-state index contributed by atoms with van der Waals surface area (Å²) in [6, 6.07) is 11.3. The van der Waals surface area contributed by atoms with Crippen molar-refractivity contribution in [2.45, 2.75) is 52.0 Å². The van der Waals surface area contributed by atoms with E-state index in [4.69, 9.17) is 9.47 Å². The van der Waals surface area contributed by atoms with Gasteiger partial charge in [-0.25, -0.2) is 4.79 Å². The van der Waals surface area contributed by atoms with Gasteiger partial charge in [0.2, 0.25) is 5.91 Å². The molecule has 1 aliphatic heterocycles. The van der Waals surface area contributed by atoms with Crippen LogP contribution in [-0.4, -0.2) is 36.8 Å². The Kier molecular flexibility index (Phi) is 9.28. The van der Waals surface area contributed by atoms with Crippen LogP contribution < -0.4 is 10.1 Å². The van der Waals surface area contributed by atoms with Gasteiger partial charge in [-0.15, -0.1) is 0 Å². The first-order valence-corrected chi connectivity index (χ1v) is 12.0. The van der Waals surface area contributed by atoms with Crippen LogP contribution in [0.4, 0.5) is 0 Å². The molecule has 0 aliphatic carbocycles. The first-order chi connectivity index (χ1) is 16.4. The molecule has 0 spiro atoms. The number of carbonyl (C=O) groups excluding carboxylic acids is 1. The van der Waals surface area contributed by atoms with Gasteiger partial charge < -0.3 is 19.9 Å². The van der Waals surface area contributed by atoms with Crippen LogP contribution in [0.25, 0.3) is 6.08 Å². The van der Waals surface area contributed by atoms with Crippen LogP contribution in [0.1, 0.15) is 70.8 Å². The topological polar surface area (TPSA) is 84.9 Å². The highest BCUT2D eigenvalue weighted by Crippen LogP contribution is 2.26. The van der Waals surface area contributed by atoms with E-state index in [0.717, 1.165) is 66.7 Å². The second-order valence-corrected chi connectivity index (χ2v) is 8.94. The number of carboxylic acid groups (broad SMARTS) is 1. The first kappa shape index (κ1) is 25.5. The fourth-order valence-electron chi connectivity index (χ4n) is 4.39. The van der Waals surface area contributed by atoms with Gasteiger partial charge in [-0.3, -0.25) is 4.79 Å². The van der Waals surface area contributed by atoms with Crippen LogP contribution in [0.15, 0.2) is 43.0 Å². The summed E-state index contributed by atoms with van der Waals surface area (Å²) in [5, 5.41) is 12.5. The predicted octanol–water partition coefficient (Wildman–Crippen LogP) is 5.48. The lowest BCUT2D eigenvalue weighted by molar-refractivity contribution is -0.129. The molecule has 1 unspecified atom stereocenters. The van der Waals surface area contributed by atoms with E-state index in [0.29, 0.717) is 13.2 Å². The molecule has 6 nitrogen and oxygen atoms in total. The average molecular weight is 466 g/mol. The number of carbonyl (C=O) groups is 2. The van der Waals surface area contributed by atoms with E-state index in [-0.39, 0.29) is 23.4 Å². The molecule has 1 fully saturated rings. The molecule has 182 valence electrons. The molecule has 1 amide bonds. The Balaban J connectivity index is 1.59. The van der Waals surface area contributed by atoms with Crippen molar-refractivity contribution < 1.29 is 24.2 Å². The molecular formula is C28H35NO5. The predicted molar refractivity (Wildman–Crippen MR) is 133 cm³/mol. The molecule has 2 N–H and O–H groups in total. The highest BCUT2D eigenvalue weighted by atomic mass is 16.5. The molecule has 34 heavy (non-hydrogen) atoms. The number of rotatable bonds is 11. The van der Waals surface area contributed by atoms with E-state index in [1.165, 1.54) is 0 Å². The maximum atomic E-state index is 12.9. The molecule has 2 atom stereocenters. The third-order valence-corrected chi connectivity index (χ3v) is 6.24. The lowest BCUT2D eigenvalue weighted by Crippen LogP contribution is -2.37. The average Bonchev–Trinajstić information content (AvgIpc) is 2.84. The Morgan fingerprint density at radius 3 is 2.65 bits per heavy atom. The number of benzene rings is 2. The monoisotopic (exact) mass is 465 g/mol. The highest BCUT2D eigenvalue weighted by molar-refractivity contribution is 5.88. The van der Waals surface area contributed by atoms with Crippen molar-refractivity contribution in [3.05, 3.63) is 70.8 Å². The summed E-state index contributed by atoms with van der Waals surface area (Å²) >= 11 is 0. The molecule has 3 rings (SSSR count). The normalized spacial score (nSPS) is 16.5. The van der Waals surface area contributed by atoms with E-state index in [2.05, 4.69) is 18.0 Å². The second-order valence-electron chi connectivity index (χ2n) is 8.94. The van der Waals surface area contributed by atoms with Crippen LogP contribution in [-0.2, 0) is 9.53 Å². The molecule has 2 aromatic rings. The summed E-state index contributed by atoms with van der Waals surface area (Å²) in [6.45, 7) is 9.32. The van der Waals surface area contributed by atoms with E-state index in [1.54, 1.807) is 12.1 Å². The number of hydrogen-bond acceptors (Lipinski definition) is 4. The molecule has 0 bridgehead atoms. The van der Waals surface area contributed by atoms with Gasteiger partial charge >= 0.3 is 5.97 Å². The van der Waals surface area contributed by atoms with Crippen molar-refractivity contribution in [1.82, 2.24) is 5.32 Å². The fraction of sp³-hybridized carbons (Fsp3) is 0.429. The molecule has 6 heteroatoms. The number of amides is 1. The molecule has 1 heterocycles. The number of nitrogens with one attached hydrogen (secondary N) is 1. The van der Waals surface area contributed by atoms with Gasteiger partial charge in [0.25, 0.3) is 0 Å². The summed E-state index contributed by atoms with van der Waals surface area (Å²) in [7, 11) is 0. The van der Waals surface area contributed by atoms with Crippen LogP contribution >= 0.6 is 0 Å². The summed E-state index contributed by atoms with van der Waals surface area (Å²) in [6.07, 6.45) is 6.07. The molecule has 1 saturated heterocycles. The Labute approximate surface area is 202 Å². The Hall–Kier alpha value is -3.12. The minimum Gasteiger partial charge on any atom is -0.493 e. The zero-order chi connectivity index (χ0) is 24.5. The van der Waals surface area contributed by atoms with Crippen molar-refractivity contribution in [3.63, 3.8) is 0 Å². The first-order valence-electron chi connectivity index (χ1n) is 12.0. The number of ether oxygens (including phenoxy) is 2.